The molecule has 0 aliphatic carbocycles. The first kappa shape index (κ1) is 21.1. The van der Waals surface area contributed by atoms with Crippen LogP contribution in [-0.2, 0) is 30.3 Å². The predicted molar refractivity (Wildman–Crippen MR) is 104 cm³/mol. The molecule has 0 amide bonds. The van der Waals surface area contributed by atoms with Crippen LogP contribution in [0.25, 0.3) is 0 Å². The van der Waals surface area contributed by atoms with Gasteiger partial charge in [0.1, 0.15) is 0 Å². The Bertz CT molecular complexity index is 813. The van der Waals surface area contributed by atoms with E-state index in [1.54, 1.807) is 12.1 Å². The highest BCUT2D eigenvalue weighted by atomic mass is 32.2. The fourth-order valence-corrected chi connectivity index (χ4v) is 3.61. The second kappa shape index (κ2) is 10.2. The molecule has 146 valence electrons. The van der Waals surface area contributed by atoms with Crippen LogP contribution < -0.4 is 0 Å². The van der Waals surface area contributed by atoms with Crippen LogP contribution in [0.15, 0.2) is 59.5 Å². The zero-order valence-electron chi connectivity index (χ0n) is 15.8. The first-order valence-electron chi connectivity index (χ1n) is 9.13. The van der Waals surface area contributed by atoms with Crippen LogP contribution in [0.3, 0.4) is 0 Å². The Labute approximate surface area is 161 Å². The highest BCUT2D eigenvalue weighted by Gasteiger charge is 2.28. The second-order valence-electron chi connectivity index (χ2n) is 6.40. The molecule has 0 saturated heterocycles. The maximum Gasteiger partial charge on any atom is 0.336 e. The van der Waals surface area contributed by atoms with Gasteiger partial charge in [0.2, 0.25) is 0 Å². The third kappa shape index (κ3) is 6.81. The van der Waals surface area contributed by atoms with Gasteiger partial charge in [-0.3, -0.25) is 4.18 Å². The highest BCUT2D eigenvalue weighted by molar-refractivity contribution is 7.86. The summed E-state index contributed by atoms with van der Waals surface area (Å²) >= 11 is 0. The maximum atomic E-state index is 12.5. The lowest BCUT2D eigenvalue weighted by Gasteiger charge is -2.16. The Kier molecular flexibility index (Phi) is 8.00. The van der Waals surface area contributed by atoms with E-state index in [9.17, 15) is 13.2 Å². The van der Waals surface area contributed by atoms with Crippen molar-refractivity contribution < 1.29 is 22.1 Å². The fraction of sp³-hybridized carbons (Fsp3) is 0.381. The third-order valence-corrected chi connectivity index (χ3v) is 5.37. The molecule has 0 heterocycles. The van der Waals surface area contributed by atoms with Crippen LogP contribution >= 0.6 is 0 Å². The van der Waals surface area contributed by atoms with Gasteiger partial charge in [-0.15, -0.1) is 0 Å². The lowest BCUT2D eigenvalue weighted by Crippen LogP contribution is -2.29. The SMILES string of the molecule is CCCOC(=O)[C@@H](CCCc1ccccc1)OS(=O)(=O)c1ccc(C)cc1. The summed E-state index contributed by atoms with van der Waals surface area (Å²) in [7, 11) is -4.04. The van der Waals surface area contributed by atoms with Gasteiger partial charge in [-0.2, -0.15) is 8.42 Å². The van der Waals surface area contributed by atoms with Gasteiger partial charge in [-0.25, -0.2) is 4.79 Å². The highest BCUT2D eigenvalue weighted by Crippen LogP contribution is 2.19. The third-order valence-electron chi connectivity index (χ3n) is 4.04. The predicted octanol–water partition coefficient (Wildman–Crippen LogP) is 4.05. The van der Waals surface area contributed by atoms with Crippen molar-refractivity contribution in [2.24, 2.45) is 0 Å². The Morgan fingerprint density at radius 3 is 2.33 bits per heavy atom. The van der Waals surface area contributed by atoms with Crippen molar-refractivity contribution >= 4 is 16.1 Å². The fourth-order valence-electron chi connectivity index (χ4n) is 2.55. The van der Waals surface area contributed by atoms with Gasteiger partial charge < -0.3 is 4.74 Å². The number of aryl methyl sites for hydroxylation is 2. The lowest BCUT2D eigenvalue weighted by atomic mass is 10.1. The van der Waals surface area contributed by atoms with Gasteiger partial charge >= 0.3 is 5.97 Å². The van der Waals surface area contributed by atoms with E-state index in [-0.39, 0.29) is 17.9 Å². The number of carbonyl (C=O) groups is 1. The lowest BCUT2D eigenvalue weighted by molar-refractivity contribution is -0.152. The molecule has 0 aliphatic heterocycles. The molecule has 0 bridgehead atoms. The van der Waals surface area contributed by atoms with Crippen molar-refractivity contribution in [3.63, 3.8) is 0 Å². The summed E-state index contributed by atoms with van der Waals surface area (Å²) in [6, 6.07) is 16.1. The maximum absolute atomic E-state index is 12.5. The summed E-state index contributed by atoms with van der Waals surface area (Å²) in [5, 5.41) is 0. The van der Waals surface area contributed by atoms with Crippen LogP contribution in [0.4, 0.5) is 0 Å². The number of benzene rings is 2. The molecule has 0 spiro atoms. The Balaban J connectivity index is 2.06. The summed E-state index contributed by atoms with van der Waals surface area (Å²) in [4.78, 5) is 12.3. The number of rotatable bonds is 10. The summed E-state index contributed by atoms with van der Waals surface area (Å²) in [5.41, 5.74) is 2.07. The number of hydrogen-bond acceptors (Lipinski definition) is 5. The van der Waals surface area contributed by atoms with Gasteiger partial charge in [0.15, 0.2) is 6.10 Å². The van der Waals surface area contributed by atoms with Gasteiger partial charge in [-0.1, -0.05) is 55.0 Å². The number of ether oxygens (including phenoxy) is 1. The van der Waals surface area contributed by atoms with Crippen molar-refractivity contribution in [2.75, 3.05) is 6.61 Å². The molecule has 1 atom stereocenters. The monoisotopic (exact) mass is 390 g/mol. The zero-order chi connectivity index (χ0) is 19.7. The van der Waals surface area contributed by atoms with Crippen molar-refractivity contribution in [1.29, 1.82) is 0 Å². The molecule has 0 N–H and O–H groups in total. The van der Waals surface area contributed by atoms with Gasteiger partial charge in [0, 0.05) is 0 Å². The first-order valence-corrected chi connectivity index (χ1v) is 10.5. The molecule has 2 rings (SSSR count). The van der Waals surface area contributed by atoms with E-state index >= 15 is 0 Å². The summed E-state index contributed by atoms with van der Waals surface area (Å²) in [5.74, 6) is -0.638. The molecule has 27 heavy (non-hydrogen) atoms. The molecule has 0 unspecified atom stereocenters. The van der Waals surface area contributed by atoms with Gasteiger partial charge in [0.25, 0.3) is 10.1 Å². The van der Waals surface area contributed by atoms with Crippen LogP contribution in [-0.4, -0.2) is 27.1 Å². The van der Waals surface area contributed by atoms with E-state index in [0.717, 1.165) is 17.5 Å². The minimum Gasteiger partial charge on any atom is -0.464 e. The summed E-state index contributed by atoms with van der Waals surface area (Å²) in [6.07, 6.45) is 1.12. The molecule has 2 aromatic carbocycles. The molecule has 6 heteroatoms. The van der Waals surface area contributed by atoms with E-state index in [4.69, 9.17) is 8.92 Å². The van der Waals surface area contributed by atoms with E-state index in [0.29, 0.717) is 12.8 Å². The molecule has 2 aromatic rings. The topological polar surface area (TPSA) is 69.7 Å². The average molecular weight is 391 g/mol. The van der Waals surface area contributed by atoms with Gasteiger partial charge in [0.05, 0.1) is 11.5 Å². The minimum absolute atomic E-state index is 0.0319. The summed E-state index contributed by atoms with van der Waals surface area (Å²) < 4.78 is 35.5. The smallest absolute Gasteiger partial charge is 0.336 e. The molecule has 0 saturated carbocycles. The molecule has 0 aliphatic rings. The molecule has 0 aromatic heterocycles. The Hall–Kier alpha value is -2.18. The van der Waals surface area contributed by atoms with E-state index in [1.165, 1.54) is 12.1 Å². The number of esters is 1. The molecular formula is C21H26O5S. The van der Waals surface area contributed by atoms with Gasteiger partial charge in [-0.05, 0) is 50.3 Å². The van der Waals surface area contributed by atoms with E-state index in [1.807, 2.05) is 44.2 Å². The number of hydrogen-bond donors (Lipinski definition) is 0. The van der Waals surface area contributed by atoms with Crippen molar-refractivity contribution in [3.8, 4) is 0 Å². The van der Waals surface area contributed by atoms with Crippen molar-refractivity contribution in [2.45, 2.75) is 50.5 Å². The normalized spacial score (nSPS) is 12.5. The number of carbonyl (C=O) groups excluding carboxylic acids is 1. The molecular weight excluding hydrogens is 364 g/mol. The summed E-state index contributed by atoms with van der Waals surface area (Å²) in [6.45, 7) is 3.98. The second-order valence-corrected chi connectivity index (χ2v) is 7.97. The average Bonchev–Trinajstić information content (AvgIpc) is 2.66. The van der Waals surface area contributed by atoms with Crippen LogP contribution in [0, 0.1) is 6.92 Å². The van der Waals surface area contributed by atoms with Crippen LogP contribution in [0.5, 0.6) is 0 Å². The standard InChI is InChI=1S/C21H26O5S/c1-3-16-25-21(22)20(11-7-10-18-8-5-4-6-9-18)26-27(23,24)19-14-12-17(2)13-15-19/h4-6,8-9,12-15,20H,3,7,10-11,16H2,1-2H3/t20-/m1/s1. The molecule has 0 radical (unpaired) electrons. The Morgan fingerprint density at radius 2 is 1.70 bits per heavy atom. The molecule has 0 fully saturated rings. The van der Waals surface area contributed by atoms with Crippen LogP contribution in [0.2, 0.25) is 0 Å². The van der Waals surface area contributed by atoms with E-state index < -0.39 is 22.2 Å². The van der Waals surface area contributed by atoms with Crippen molar-refractivity contribution in [1.82, 2.24) is 0 Å². The molecule has 5 nitrogen and oxygen atoms in total. The minimum atomic E-state index is -4.04. The van der Waals surface area contributed by atoms with Crippen molar-refractivity contribution in [3.05, 3.63) is 65.7 Å². The Morgan fingerprint density at radius 1 is 1.04 bits per heavy atom. The quantitative estimate of drug-likeness (QED) is 0.452. The van der Waals surface area contributed by atoms with Crippen LogP contribution in [0.1, 0.15) is 37.3 Å². The van der Waals surface area contributed by atoms with E-state index in [2.05, 4.69) is 0 Å². The zero-order valence-corrected chi connectivity index (χ0v) is 16.6. The largest absolute Gasteiger partial charge is 0.464 e. The first-order chi connectivity index (χ1) is 12.9.